The maximum Gasteiger partial charge on any atom is 0.459 e. The molecule has 1 saturated carbocycles. The molecule has 11 nitrogen and oxygen atoms in total. The minimum Gasteiger partial charge on any atom is -0.461 e. The number of alkyl halides is 1. The molecule has 4 N–H and O–H groups in total. The van der Waals surface area contributed by atoms with Gasteiger partial charge in [0.25, 0.3) is 0 Å². The summed E-state index contributed by atoms with van der Waals surface area (Å²) in [5.41, 5.74) is 4.73. The molecule has 0 bridgehead atoms. The third kappa shape index (κ3) is 6.27. The van der Waals surface area contributed by atoms with Crippen LogP contribution in [0.15, 0.2) is 47.4 Å². The monoisotopic (exact) mass is 542 g/mol. The molecule has 0 radical (unpaired) electrons. The molecule has 36 heavy (non-hydrogen) atoms. The minimum atomic E-state index is -4.19. The molecule has 1 aliphatic heterocycles. The number of rotatable bonds is 10. The van der Waals surface area contributed by atoms with Gasteiger partial charge in [0.1, 0.15) is 35.2 Å². The predicted octanol–water partition coefficient (Wildman–Crippen LogP) is 2.42. The number of para-hydroxylation sites is 1. The molecule has 1 saturated heterocycles. The van der Waals surface area contributed by atoms with Gasteiger partial charge in [0.2, 0.25) is 0 Å². The van der Waals surface area contributed by atoms with Gasteiger partial charge >= 0.3 is 19.4 Å². The first-order valence-electron chi connectivity index (χ1n) is 11.4. The molecule has 14 heteroatoms. The number of hydrogen-bond acceptors (Lipinski definition) is 10. The molecule has 1 aromatic carbocycles. The summed E-state index contributed by atoms with van der Waals surface area (Å²) < 4.78 is 46.1. The number of carbonyl (C=O) groups is 1. The van der Waals surface area contributed by atoms with Crippen LogP contribution in [0, 0.1) is 0 Å². The fourth-order valence-corrected chi connectivity index (χ4v) is 6.65. The van der Waals surface area contributed by atoms with Crippen molar-refractivity contribution in [2.24, 2.45) is 0 Å². The number of halogens is 1. The number of nitrogens with zero attached hydrogens (tertiary/aromatic N) is 2. The molecule has 1 aliphatic carbocycles. The lowest BCUT2D eigenvalue weighted by atomic mass is 9.96. The number of esters is 1. The van der Waals surface area contributed by atoms with E-state index in [4.69, 9.17) is 19.5 Å². The average molecular weight is 543 g/mol. The Labute approximate surface area is 211 Å². The van der Waals surface area contributed by atoms with Crippen LogP contribution in [0.5, 0.6) is 5.75 Å². The normalized spacial score (nSPS) is 26.5. The van der Waals surface area contributed by atoms with E-state index in [1.807, 2.05) is 0 Å². The van der Waals surface area contributed by atoms with Crippen molar-refractivity contribution in [3.63, 3.8) is 0 Å². The highest BCUT2D eigenvalue weighted by molar-refractivity contribution is 8.00. The van der Waals surface area contributed by atoms with Crippen LogP contribution < -0.4 is 21.0 Å². The van der Waals surface area contributed by atoms with Crippen LogP contribution in [-0.2, 0) is 18.6 Å². The van der Waals surface area contributed by atoms with Gasteiger partial charge in [0, 0.05) is 6.20 Å². The summed E-state index contributed by atoms with van der Waals surface area (Å²) in [6, 6.07) is 8.52. The van der Waals surface area contributed by atoms with Gasteiger partial charge in [-0.1, -0.05) is 18.2 Å². The summed E-state index contributed by atoms with van der Waals surface area (Å²) in [6.45, 7) is 1.07. The van der Waals surface area contributed by atoms with E-state index in [0.717, 1.165) is 35.6 Å². The molecule has 2 aliphatic rings. The number of aromatic nitrogens is 2. The smallest absolute Gasteiger partial charge is 0.459 e. The van der Waals surface area contributed by atoms with Crippen LogP contribution in [0.25, 0.3) is 0 Å². The number of aliphatic hydroxyl groups excluding tert-OH is 1. The first kappa shape index (κ1) is 26.6. The largest absolute Gasteiger partial charge is 0.461 e. The second-order valence-corrected chi connectivity index (χ2v) is 11.6. The first-order valence-corrected chi connectivity index (χ1v) is 13.9. The van der Waals surface area contributed by atoms with Crippen LogP contribution in [-0.4, -0.2) is 56.9 Å². The van der Waals surface area contributed by atoms with E-state index in [1.165, 1.54) is 19.2 Å². The van der Waals surface area contributed by atoms with Crippen molar-refractivity contribution >= 4 is 31.3 Å². The lowest BCUT2D eigenvalue weighted by molar-refractivity contribution is -0.154. The lowest BCUT2D eigenvalue weighted by Crippen LogP contribution is -2.39. The van der Waals surface area contributed by atoms with Gasteiger partial charge in [0.05, 0.1) is 11.9 Å². The highest BCUT2D eigenvalue weighted by Gasteiger charge is 2.46. The topological polar surface area (TPSA) is 155 Å². The van der Waals surface area contributed by atoms with Crippen molar-refractivity contribution in [3.8, 4) is 5.75 Å². The fraction of sp³-hybridized carbons (Fsp3) is 0.500. The number of hydrogen-bond donors (Lipinski definition) is 3. The molecule has 2 fully saturated rings. The molecule has 2 heterocycles. The zero-order valence-corrected chi connectivity index (χ0v) is 21.1. The molecule has 1 unspecified atom stereocenters. The number of ether oxygens (including phenoxy) is 1. The van der Waals surface area contributed by atoms with Gasteiger partial charge in [-0.15, -0.1) is 11.8 Å². The number of nitrogens with one attached hydrogen (secondary N) is 1. The van der Waals surface area contributed by atoms with Crippen LogP contribution in [0.2, 0.25) is 0 Å². The van der Waals surface area contributed by atoms with Crippen molar-refractivity contribution in [1.29, 1.82) is 0 Å². The molecule has 2 aromatic rings. The molecule has 4 rings (SSSR count). The maximum absolute atomic E-state index is 14.9. The molecule has 0 amide bonds. The Morgan fingerprint density at radius 1 is 1.36 bits per heavy atom. The zero-order valence-electron chi connectivity index (χ0n) is 19.4. The van der Waals surface area contributed by atoms with Gasteiger partial charge in [0.15, 0.2) is 6.17 Å². The maximum atomic E-state index is 14.9. The van der Waals surface area contributed by atoms with E-state index in [2.05, 4.69) is 10.1 Å². The number of aliphatic hydroxyl groups is 1. The Kier molecular flexibility index (Phi) is 8.36. The van der Waals surface area contributed by atoms with Crippen LogP contribution in [0.4, 0.5) is 10.2 Å². The Balaban J connectivity index is 1.46. The fourth-order valence-electron chi connectivity index (χ4n) is 3.61. The van der Waals surface area contributed by atoms with E-state index < -0.39 is 55.0 Å². The number of benzene rings is 1. The first-order chi connectivity index (χ1) is 17.1. The summed E-state index contributed by atoms with van der Waals surface area (Å²) in [5.74, 6) is -0.395. The van der Waals surface area contributed by atoms with E-state index in [9.17, 15) is 23.7 Å². The number of nitrogen functional groups attached to an aromatic ring is 1. The van der Waals surface area contributed by atoms with E-state index in [-0.39, 0.29) is 17.7 Å². The Morgan fingerprint density at radius 2 is 2.08 bits per heavy atom. The third-order valence-electron chi connectivity index (χ3n) is 5.84. The van der Waals surface area contributed by atoms with Crippen molar-refractivity contribution in [2.45, 2.75) is 61.2 Å². The lowest BCUT2D eigenvalue weighted by Gasteiger charge is -2.28. The van der Waals surface area contributed by atoms with Gasteiger partial charge in [-0.05, 0) is 44.4 Å². The van der Waals surface area contributed by atoms with Crippen LogP contribution in [0.3, 0.4) is 0 Å². The van der Waals surface area contributed by atoms with Crippen molar-refractivity contribution in [1.82, 2.24) is 14.6 Å². The SMILES string of the molecule is C[C@H](NP(=O)(OC[C@H]1S[C@@H](n2ccc(N)nc2=O)[C@@H](F)[C@@H]1O)Oc1ccccc1)C(=O)OC1CCC1. The quantitative estimate of drug-likeness (QED) is 0.299. The second kappa shape index (κ2) is 11.3. The number of carbonyl (C=O) groups excluding carboxylic acids is 1. The predicted molar refractivity (Wildman–Crippen MR) is 131 cm³/mol. The van der Waals surface area contributed by atoms with Gasteiger partial charge in [-0.2, -0.15) is 10.1 Å². The van der Waals surface area contributed by atoms with E-state index in [1.54, 1.807) is 30.3 Å². The highest BCUT2D eigenvalue weighted by Crippen LogP contribution is 2.49. The molecule has 196 valence electrons. The summed E-state index contributed by atoms with van der Waals surface area (Å²) >= 11 is 0.927. The number of anilines is 1. The van der Waals surface area contributed by atoms with Crippen LogP contribution >= 0.6 is 19.5 Å². The Morgan fingerprint density at radius 3 is 2.72 bits per heavy atom. The minimum absolute atomic E-state index is 0.00915. The van der Waals surface area contributed by atoms with E-state index in [0.29, 0.717) is 0 Å². The van der Waals surface area contributed by atoms with Gasteiger partial charge in [-0.25, -0.2) is 13.8 Å². The molecule has 1 aromatic heterocycles. The summed E-state index contributed by atoms with van der Waals surface area (Å²) in [4.78, 5) is 28.2. The molecular formula is C22H28FN4O7PS. The van der Waals surface area contributed by atoms with Crippen LogP contribution in [0.1, 0.15) is 31.6 Å². The van der Waals surface area contributed by atoms with Crippen molar-refractivity contribution in [3.05, 3.63) is 53.1 Å². The highest BCUT2D eigenvalue weighted by atomic mass is 32.2. The average Bonchev–Trinajstić information content (AvgIpc) is 3.09. The van der Waals surface area contributed by atoms with Gasteiger partial charge in [-0.3, -0.25) is 13.9 Å². The zero-order chi connectivity index (χ0) is 25.9. The summed E-state index contributed by atoms with van der Waals surface area (Å²) in [7, 11) is -4.19. The Hall–Kier alpha value is -2.44. The summed E-state index contributed by atoms with van der Waals surface area (Å²) in [5, 5.41) is 11.0. The van der Waals surface area contributed by atoms with Crippen molar-refractivity contribution < 1.29 is 32.6 Å². The Bertz CT molecular complexity index is 1170. The van der Waals surface area contributed by atoms with Gasteiger partial charge < -0.3 is 20.1 Å². The number of thioether (sulfide) groups is 1. The molecular weight excluding hydrogens is 514 g/mol. The van der Waals surface area contributed by atoms with E-state index >= 15 is 0 Å². The molecule has 0 spiro atoms. The number of nitrogens with two attached hydrogens (primary N) is 1. The van der Waals surface area contributed by atoms with Crippen molar-refractivity contribution in [2.75, 3.05) is 12.3 Å². The second-order valence-electron chi connectivity index (χ2n) is 8.58. The third-order valence-corrected chi connectivity index (χ3v) is 9.01. The molecule has 6 atom stereocenters. The standard InChI is InChI=1S/C22H28FN4O7PS/c1-13(21(29)33-14-8-5-9-14)26-35(31,34-15-6-3-2-4-7-15)32-12-16-19(28)18(23)20(36-16)27-11-10-17(24)25-22(27)30/h2-4,6-7,10-11,13-14,16,18-20,28H,5,8-9,12H2,1H3,(H,26,31)(H2,24,25,30)/t13-,16+,18-,19+,20+,35?/m0/s1. The summed E-state index contributed by atoms with van der Waals surface area (Å²) in [6.07, 6.45) is 0.317.